The maximum absolute atomic E-state index is 12.9. The first-order valence-corrected chi connectivity index (χ1v) is 10.9. The molecule has 1 amide bonds. The number of hydrogen-bond donors (Lipinski definition) is 2. The molecule has 2 rings (SSSR count). The van der Waals surface area contributed by atoms with E-state index in [1.807, 2.05) is 38.1 Å². The zero-order chi connectivity index (χ0) is 20.9. The lowest BCUT2D eigenvalue weighted by Gasteiger charge is -2.24. The summed E-state index contributed by atoms with van der Waals surface area (Å²) < 4.78 is 28.2. The Morgan fingerprint density at radius 1 is 1.04 bits per heavy atom. The molecule has 0 bridgehead atoms. The van der Waals surface area contributed by atoms with Crippen LogP contribution in [0.25, 0.3) is 10.8 Å². The molecule has 0 aliphatic heterocycles. The fourth-order valence-electron chi connectivity index (χ4n) is 2.99. The maximum Gasteiger partial charge on any atom is 0.241 e. The van der Waals surface area contributed by atoms with Crippen molar-refractivity contribution >= 4 is 33.0 Å². The van der Waals surface area contributed by atoms with Crippen molar-refractivity contribution in [2.75, 3.05) is 0 Å². The topological polar surface area (TPSA) is 92.3 Å². The van der Waals surface area contributed by atoms with Gasteiger partial charge in [-0.3, -0.25) is 4.79 Å². The molecule has 2 aromatic carbocycles. The SMILES string of the molecule is CC(C)C[C@@H](C=O)NC(=O)[C@@H](NS(=O)(=O)c1ccc2ccccc2c1)C(C)C. The van der Waals surface area contributed by atoms with E-state index in [0.29, 0.717) is 12.7 Å². The number of benzene rings is 2. The Labute approximate surface area is 166 Å². The van der Waals surface area contributed by atoms with Crippen LogP contribution in [0.15, 0.2) is 47.4 Å². The van der Waals surface area contributed by atoms with Gasteiger partial charge in [0.1, 0.15) is 12.3 Å². The van der Waals surface area contributed by atoms with Crippen molar-refractivity contribution in [1.82, 2.24) is 10.0 Å². The molecule has 0 aliphatic carbocycles. The second-order valence-corrected chi connectivity index (χ2v) is 9.45. The lowest BCUT2D eigenvalue weighted by atomic mass is 10.0. The zero-order valence-electron chi connectivity index (χ0n) is 16.7. The molecule has 0 heterocycles. The molecular weight excluding hydrogens is 376 g/mol. The summed E-state index contributed by atoms with van der Waals surface area (Å²) >= 11 is 0. The van der Waals surface area contributed by atoms with Gasteiger partial charge in [0.25, 0.3) is 0 Å². The minimum Gasteiger partial charge on any atom is -0.345 e. The smallest absolute Gasteiger partial charge is 0.241 e. The number of sulfonamides is 1. The van der Waals surface area contributed by atoms with E-state index in [2.05, 4.69) is 10.0 Å². The summed E-state index contributed by atoms with van der Waals surface area (Å²) in [6.07, 6.45) is 1.19. The van der Waals surface area contributed by atoms with Crippen LogP contribution >= 0.6 is 0 Å². The summed E-state index contributed by atoms with van der Waals surface area (Å²) in [5, 5.41) is 4.38. The molecule has 152 valence electrons. The molecule has 28 heavy (non-hydrogen) atoms. The van der Waals surface area contributed by atoms with Crippen LogP contribution in [-0.4, -0.2) is 32.7 Å². The molecular formula is C21H28N2O4S. The van der Waals surface area contributed by atoms with E-state index in [4.69, 9.17) is 0 Å². The second kappa shape index (κ2) is 9.30. The predicted octanol–water partition coefficient (Wildman–Crippen LogP) is 2.87. The van der Waals surface area contributed by atoms with Crippen molar-refractivity contribution in [2.45, 2.75) is 51.1 Å². The first-order valence-electron chi connectivity index (χ1n) is 9.41. The number of nitrogens with one attached hydrogen (secondary N) is 2. The van der Waals surface area contributed by atoms with Crippen LogP contribution in [0.5, 0.6) is 0 Å². The van der Waals surface area contributed by atoms with Crippen molar-refractivity contribution in [3.8, 4) is 0 Å². The van der Waals surface area contributed by atoms with E-state index in [9.17, 15) is 18.0 Å². The molecule has 6 nitrogen and oxygen atoms in total. The zero-order valence-corrected chi connectivity index (χ0v) is 17.5. The minimum absolute atomic E-state index is 0.0961. The summed E-state index contributed by atoms with van der Waals surface area (Å²) in [6, 6.07) is 10.7. The van der Waals surface area contributed by atoms with E-state index in [1.165, 1.54) is 6.07 Å². The molecule has 7 heteroatoms. The monoisotopic (exact) mass is 404 g/mol. The van der Waals surface area contributed by atoms with Crippen molar-refractivity contribution < 1.29 is 18.0 Å². The maximum atomic E-state index is 12.9. The van der Waals surface area contributed by atoms with Gasteiger partial charge < -0.3 is 10.1 Å². The number of rotatable bonds is 9. The number of fused-ring (bicyclic) bond motifs is 1. The Bertz CT molecular complexity index is 938. The highest BCUT2D eigenvalue weighted by Gasteiger charge is 2.29. The third kappa shape index (κ3) is 5.62. The van der Waals surface area contributed by atoms with E-state index >= 15 is 0 Å². The van der Waals surface area contributed by atoms with Gasteiger partial charge in [0, 0.05) is 0 Å². The lowest BCUT2D eigenvalue weighted by molar-refractivity contribution is -0.126. The Morgan fingerprint density at radius 2 is 1.68 bits per heavy atom. The van der Waals surface area contributed by atoms with Crippen LogP contribution in [0.4, 0.5) is 0 Å². The Morgan fingerprint density at radius 3 is 2.25 bits per heavy atom. The minimum atomic E-state index is -3.91. The first-order chi connectivity index (χ1) is 13.1. The van der Waals surface area contributed by atoms with Crippen molar-refractivity contribution in [1.29, 1.82) is 0 Å². The van der Waals surface area contributed by atoms with Crippen molar-refractivity contribution in [3.05, 3.63) is 42.5 Å². The van der Waals surface area contributed by atoms with Gasteiger partial charge in [-0.05, 0) is 41.2 Å². The number of carbonyl (C=O) groups excluding carboxylic acids is 2. The highest BCUT2D eigenvalue weighted by atomic mass is 32.2. The number of hydrogen-bond acceptors (Lipinski definition) is 4. The fraction of sp³-hybridized carbons (Fsp3) is 0.429. The number of amides is 1. The number of aldehydes is 1. The summed E-state index contributed by atoms with van der Waals surface area (Å²) in [6.45, 7) is 7.41. The van der Waals surface area contributed by atoms with Crippen LogP contribution < -0.4 is 10.0 Å². The molecule has 0 saturated heterocycles. The van der Waals surface area contributed by atoms with Gasteiger partial charge in [-0.25, -0.2) is 8.42 Å². The highest BCUT2D eigenvalue weighted by Crippen LogP contribution is 2.20. The lowest BCUT2D eigenvalue weighted by Crippen LogP contribution is -2.52. The molecule has 2 atom stereocenters. The molecule has 0 aromatic heterocycles. The normalized spacial score (nSPS) is 14.2. The van der Waals surface area contributed by atoms with Crippen LogP contribution in [0, 0.1) is 11.8 Å². The third-order valence-electron chi connectivity index (χ3n) is 4.48. The predicted molar refractivity (Wildman–Crippen MR) is 110 cm³/mol. The van der Waals surface area contributed by atoms with Gasteiger partial charge in [0.15, 0.2) is 0 Å². The van der Waals surface area contributed by atoms with Gasteiger partial charge in [-0.1, -0.05) is 58.0 Å². The van der Waals surface area contributed by atoms with E-state index in [0.717, 1.165) is 10.8 Å². The summed E-state index contributed by atoms with van der Waals surface area (Å²) in [4.78, 5) is 24.0. The average Bonchev–Trinajstić information content (AvgIpc) is 2.64. The summed E-state index contributed by atoms with van der Waals surface area (Å²) in [5.74, 6) is -0.569. The molecule has 2 aromatic rings. The molecule has 0 unspecified atom stereocenters. The van der Waals surface area contributed by atoms with Crippen LogP contribution in [0.3, 0.4) is 0 Å². The van der Waals surface area contributed by atoms with Crippen LogP contribution in [-0.2, 0) is 19.6 Å². The molecule has 0 spiro atoms. The average molecular weight is 405 g/mol. The van der Waals surface area contributed by atoms with E-state index in [-0.39, 0.29) is 16.7 Å². The molecule has 0 saturated carbocycles. The standard InChI is InChI=1S/C21H28N2O4S/c1-14(2)11-18(13-24)22-21(25)20(15(3)4)23-28(26,27)19-10-9-16-7-5-6-8-17(16)12-19/h5-10,12-15,18,20,23H,11H2,1-4H3,(H,22,25)/t18-,20-/m0/s1. The van der Waals surface area contributed by atoms with Gasteiger partial charge >= 0.3 is 0 Å². The quantitative estimate of drug-likeness (QED) is 0.629. The summed E-state index contributed by atoms with van der Waals surface area (Å²) in [7, 11) is -3.91. The molecule has 0 fully saturated rings. The van der Waals surface area contributed by atoms with Crippen LogP contribution in [0.1, 0.15) is 34.1 Å². The van der Waals surface area contributed by atoms with Gasteiger partial charge in [0.2, 0.25) is 15.9 Å². The molecule has 2 N–H and O–H groups in total. The van der Waals surface area contributed by atoms with Gasteiger partial charge in [0.05, 0.1) is 10.9 Å². The van der Waals surface area contributed by atoms with Crippen molar-refractivity contribution in [3.63, 3.8) is 0 Å². The third-order valence-corrected chi connectivity index (χ3v) is 5.92. The van der Waals surface area contributed by atoms with Gasteiger partial charge in [-0.2, -0.15) is 4.72 Å². The van der Waals surface area contributed by atoms with E-state index < -0.39 is 28.0 Å². The van der Waals surface area contributed by atoms with Crippen LogP contribution in [0.2, 0.25) is 0 Å². The van der Waals surface area contributed by atoms with Crippen molar-refractivity contribution in [2.24, 2.45) is 11.8 Å². The molecule has 0 aliphatic rings. The Balaban J connectivity index is 2.23. The second-order valence-electron chi connectivity index (χ2n) is 7.73. The van der Waals surface area contributed by atoms with E-state index in [1.54, 1.807) is 26.0 Å². The Kier molecular flexibility index (Phi) is 7.32. The molecule has 0 radical (unpaired) electrons. The Hall–Kier alpha value is -2.25. The largest absolute Gasteiger partial charge is 0.345 e. The van der Waals surface area contributed by atoms with Gasteiger partial charge in [-0.15, -0.1) is 0 Å². The highest BCUT2D eigenvalue weighted by molar-refractivity contribution is 7.89. The number of carbonyl (C=O) groups is 2. The first kappa shape index (κ1) is 22.0. The summed E-state index contributed by atoms with van der Waals surface area (Å²) in [5.41, 5.74) is 0. The fourth-order valence-corrected chi connectivity index (χ4v) is 4.37.